The first kappa shape index (κ1) is 37.7. The average Bonchev–Trinajstić information content (AvgIpc) is 2.89. The van der Waals surface area contributed by atoms with Crippen LogP contribution in [0.4, 0.5) is 4.39 Å². The van der Waals surface area contributed by atoms with Gasteiger partial charge < -0.3 is 22.9 Å². The number of hydrogen-bond acceptors (Lipinski definition) is 6. The van der Waals surface area contributed by atoms with Gasteiger partial charge >= 0.3 is 66.9 Å². The van der Waals surface area contributed by atoms with Gasteiger partial charge in [0.1, 0.15) is 12.2 Å². The van der Waals surface area contributed by atoms with Crippen molar-refractivity contribution in [1.29, 1.82) is 0 Å². The maximum absolute atomic E-state index is 17.0. The Kier molecular flexibility index (Phi) is 12.9. The van der Waals surface area contributed by atoms with Crippen LogP contribution < -0.4 is 59.1 Å². The van der Waals surface area contributed by atoms with Crippen molar-refractivity contribution in [2.24, 2.45) is 28.6 Å². The molecular weight excluding hydrogens is 589 g/mol. The van der Waals surface area contributed by atoms with Crippen molar-refractivity contribution in [3.05, 3.63) is 23.8 Å². The van der Waals surface area contributed by atoms with Crippen molar-refractivity contribution in [3.8, 4) is 0 Å². The Balaban J connectivity index is -0.00000204. The van der Waals surface area contributed by atoms with Gasteiger partial charge in [-0.25, -0.2) is 8.96 Å². The summed E-state index contributed by atoms with van der Waals surface area (Å²) in [6.07, 6.45) is 3.70. The zero-order valence-corrected chi connectivity index (χ0v) is 30.1. The van der Waals surface area contributed by atoms with E-state index in [1.54, 1.807) is 20.8 Å². The minimum atomic E-state index is -4.93. The maximum atomic E-state index is 17.0. The molecule has 0 amide bonds. The molecule has 0 heterocycles. The summed E-state index contributed by atoms with van der Waals surface area (Å²) in [6.45, 7) is 4.00. The number of phosphoric acid groups is 1. The number of hydrogen-bond donors (Lipinski definition) is 4. The van der Waals surface area contributed by atoms with Gasteiger partial charge in [0, 0.05) is 36.2 Å². The second-order valence-corrected chi connectivity index (χ2v) is 11.6. The zero-order valence-electron chi connectivity index (χ0n) is 23.4. The largest absolute Gasteiger partial charge is 1.00 e. The van der Waals surface area contributed by atoms with Gasteiger partial charge in [-0.3, -0.25) is 14.1 Å². The van der Waals surface area contributed by atoms with E-state index in [-0.39, 0.29) is 106 Å². The summed E-state index contributed by atoms with van der Waals surface area (Å²) >= 11 is 0. The van der Waals surface area contributed by atoms with Crippen LogP contribution in [0.2, 0.25) is 0 Å². The van der Waals surface area contributed by atoms with Crippen molar-refractivity contribution < 1.29 is 125 Å². The standard InChI is InChI=1S/C22H30FO8P.ClH.2Na.Zn.2H/c1-12-8-16-15-5-4-13-9-14(24)6-7-19(13,2)21(15,23)17(25)10-20(16,3)22(12,27)18(26)11-31-32(28,29)30;;;;;;/h6-7,9,12,15-17,25,27H,4-5,8,10-11H2,1-3H3,(H2,28,29,30);1H;;;;;/q;;2*+1;;2*-1/t12-,15+,16+,17+,19+,20+,21+,22+;;;;;;/m1....../s1. The third-order valence-electron chi connectivity index (χ3n) is 9.01. The van der Waals surface area contributed by atoms with Crippen LogP contribution in [-0.2, 0) is 38.2 Å². The fourth-order valence-electron chi connectivity index (χ4n) is 7.39. The summed E-state index contributed by atoms with van der Waals surface area (Å²) in [4.78, 5) is 42.8. The molecule has 4 aliphatic rings. The second-order valence-electron chi connectivity index (χ2n) is 10.4. The molecule has 4 aliphatic carbocycles. The maximum Gasteiger partial charge on any atom is 1.00 e. The van der Waals surface area contributed by atoms with Crippen LogP contribution in [0, 0.1) is 28.6 Å². The summed E-state index contributed by atoms with van der Waals surface area (Å²) in [6, 6.07) is 0. The van der Waals surface area contributed by atoms with Crippen LogP contribution in [0.3, 0.4) is 0 Å². The molecule has 0 spiro atoms. The summed E-state index contributed by atoms with van der Waals surface area (Å²) in [7, 11) is -4.93. The fraction of sp³-hybridized carbons (Fsp3) is 0.727. The minimum Gasteiger partial charge on any atom is -1.00 e. The Labute approximate surface area is 276 Å². The Hall–Kier alpha value is 1.69. The molecule has 0 bridgehead atoms. The number of aliphatic hydroxyl groups is 2. The van der Waals surface area contributed by atoms with E-state index in [0.29, 0.717) is 24.8 Å². The Morgan fingerprint density at radius 3 is 2.42 bits per heavy atom. The predicted octanol–water partition coefficient (Wildman–Crippen LogP) is -3.33. The molecule has 14 heteroatoms. The number of aliphatic hydroxyl groups excluding tert-OH is 1. The van der Waals surface area contributed by atoms with E-state index in [2.05, 4.69) is 4.52 Å². The molecule has 36 heavy (non-hydrogen) atoms. The Bertz CT molecular complexity index is 1010. The summed E-state index contributed by atoms with van der Waals surface area (Å²) < 4.78 is 32.5. The van der Waals surface area contributed by atoms with Crippen LogP contribution in [0.5, 0.6) is 0 Å². The van der Waals surface area contributed by atoms with E-state index in [1.807, 2.05) is 0 Å². The third-order valence-corrected chi connectivity index (χ3v) is 9.48. The van der Waals surface area contributed by atoms with Crippen LogP contribution >= 0.6 is 20.2 Å². The second kappa shape index (κ2) is 12.3. The van der Waals surface area contributed by atoms with Crippen molar-refractivity contribution in [1.82, 2.24) is 0 Å². The van der Waals surface area contributed by atoms with Crippen LogP contribution in [0.15, 0.2) is 23.8 Å². The molecular formula is C22H33ClFNa2O8PZn. The van der Waals surface area contributed by atoms with Crippen LogP contribution in [-0.4, -0.2) is 55.5 Å². The van der Waals surface area contributed by atoms with Gasteiger partial charge in [0.25, 0.3) is 0 Å². The molecule has 3 fully saturated rings. The molecule has 4 N–H and O–H groups in total. The molecule has 0 unspecified atom stereocenters. The summed E-state index contributed by atoms with van der Waals surface area (Å²) in [5, 5.41) is 22.8. The number of rotatable bonds is 4. The Morgan fingerprint density at radius 2 is 1.86 bits per heavy atom. The molecule has 8 nitrogen and oxygen atoms in total. The predicted molar refractivity (Wildman–Crippen MR) is 120 cm³/mol. The van der Waals surface area contributed by atoms with Crippen molar-refractivity contribution in [2.45, 2.75) is 63.8 Å². The molecule has 192 valence electrons. The number of Topliss-reactive ketones (excluding diaryl/α,β-unsaturated/α-hetero) is 1. The van der Waals surface area contributed by atoms with Crippen LogP contribution in [0.25, 0.3) is 0 Å². The summed E-state index contributed by atoms with van der Waals surface area (Å²) in [5.74, 6) is -2.87. The average molecular weight is 622 g/mol. The number of phosphoric ester groups is 1. The SMILES string of the molecule is C[C@@H]1C[C@H]2[C@@H]3CCC4=CC(=O)C=C[C@]4(C)[C@@]3(F)[C@@H](O)C[C@]2(C)[C@@]1(O)C(=O)COP(=O)(O)O.Cl.[H-].[H-].[Na+].[Na+].[Zn]. The van der Waals surface area contributed by atoms with Crippen molar-refractivity contribution in [2.75, 3.05) is 6.61 Å². The number of ketones is 2. The molecule has 0 aromatic rings. The van der Waals surface area contributed by atoms with Gasteiger partial charge in [-0.2, -0.15) is 0 Å². The van der Waals surface area contributed by atoms with Crippen molar-refractivity contribution in [3.63, 3.8) is 0 Å². The normalized spacial score (nSPS) is 42.7. The van der Waals surface area contributed by atoms with Gasteiger partial charge in [0.05, 0.1) is 6.10 Å². The molecule has 3 saturated carbocycles. The number of carbonyl (C=O) groups excluding carboxylic acids is 2. The summed E-state index contributed by atoms with van der Waals surface area (Å²) in [5.41, 5.74) is -5.88. The Morgan fingerprint density at radius 1 is 1.28 bits per heavy atom. The van der Waals surface area contributed by atoms with Gasteiger partial charge in [-0.1, -0.05) is 25.5 Å². The number of alkyl halides is 1. The first-order valence-electron chi connectivity index (χ1n) is 10.9. The van der Waals surface area contributed by atoms with Gasteiger partial charge in [0.15, 0.2) is 17.2 Å². The minimum absolute atomic E-state index is 0. The van der Waals surface area contributed by atoms with E-state index >= 15 is 4.39 Å². The first-order valence-corrected chi connectivity index (χ1v) is 12.4. The molecule has 0 saturated heterocycles. The van der Waals surface area contributed by atoms with E-state index in [1.165, 1.54) is 18.2 Å². The molecule has 4 rings (SSSR count). The number of halogens is 2. The zero-order chi connectivity index (χ0) is 23.9. The topological polar surface area (TPSA) is 141 Å². The van der Waals surface area contributed by atoms with E-state index in [4.69, 9.17) is 9.79 Å². The van der Waals surface area contributed by atoms with Crippen molar-refractivity contribution >= 4 is 31.8 Å². The molecule has 0 aromatic carbocycles. The van der Waals surface area contributed by atoms with Gasteiger partial charge in [-0.15, -0.1) is 12.4 Å². The third kappa shape index (κ3) is 5.34. The smallest absolute Gasteiger partial charge is 1.00 e. The van der Waals surface area contributed by atoms with Gasteiger partial charge in [-0.05, 0) is 56.6 Å². The van der Waals surface area contributed by atoms with Gasteiger partial charge in [0.2, 0.25) is 0 Å². The van der Waals surface area contributed by atoms with E-state index < -0.39 is 66.2 Å². The molecule has 0 aliphatic heterocycles. The quantitative estimate of drug-likeness (QED) is 0.189. The number of carbonyl (C=O) groups is 2. The van der Waals surface area contributed by atoms with E-state index in [9.17, 15) is 24.4 Å². The fourth-order valence-corrected chi connectivity index (χ4v) is 7.68. The monoisotopic (exact) mass is 620 g/mol. The van der Waals surface area contributed by atoms with Crippen LogP contribution in [0.1, 0.15) is 49.3 Å². The molecule has 0 radical (unpaired) electrons. The number of allylic oxidation sites excluding steroid dienone is 4. The van der Waals surface area contributed by atoms with E-state index in [0.717, 1.165) is 0 Å². The molecule has 0 aromatic heterocycles. The molecule has 8 atom stereocenters. The first-order chi connectivity index (χ1) is 14.6. The number of fused-ring (bicyclic) bond motifs is 5.